The maximum Gasteiger partial charge on any atom is 0.237 e. The number of benzene rings is 1. The van der Waals surface area contributed by atoms with E-state index in [2.05, 4.69) is 34.9 Å². The number of hydrogen-bond donors (Lipinski definition) is 2. The third-order valence-corrected chi connectivity index (χ3v) is 4.47. The van der Waals surface area contributed by atoms with E-state index in [-0.39, 0.29) is 29.8 Å². The molecule has 3 nitrogen and oxygen atoms in total. The van der Waals surface area contributed by atoms with Crippen LogP contribution in [0.4, 0.5) is 0 Å². The second kappa shape index (κ2) is 6.59. The summed E-state index contributed by atoms with van der Waals surface area (Å²) in [6.45, 7) is 1.76. The summed E-state index contributed by atoms with van der Waals surface area (Å²) < 4.78 is 0. The van der Waals surface area contributed by atoms with Gasteiger partial charge in [0, 0.05) is 12.0 Å². The second-order valence-electron chi connectivity index (χ2n) is 5.87. The largest absolute Gasteiger partial charge is 0.354 e. The van der Waals surface area contributed by atoms with Gasteiger partial charge >= 0.3 is 0 Å². The first-order valence-corrected chi connectivity index (χ1v) is 7.37. The molecular weight excluding hydrogens is 272 g/mol. The Morgan fingerprint density at radius 2 is 2.00 bits per heavy atom. The van der Waals surface area contributed by atoms with Crippen molar-refractivity contribution in [1.82, 2.24) is 10.6 Å². The zero-order chi connectivity index (χ0) is 13.1. The van der Waals surface area contributed by atoms with E-state index in [9.17, 15) is 4.79 Å². The molecule has 3 rings (SSSR count). The third-order valence-electron chi connectivity index (χ3n) is 4.47. The van der Waals surface area contributed by atoms with Crippen molar-refractivity contribution in [1.29, 1.82) is 0 Å². The minimum atomic E-state index is 0. The lowest BCUT2D eigenvalue weighted by atomic mass is 9.95. The van der Waals surface area contributed by atoms with Crippen LogP contribution in [0.25, 0.3) is 0 Å². The predicted molar refractivity (Wildman–Crippen MR) is 83.3 cm³/mol. The van der Waals surface area contributed by atoms with E-state index in [1.165, 1.54) is 24.8 Å². The molecule has 1 aromatic carbocycles. The van der Waals surface area contributed by atoms with Gasteiger partial charge in [0.2, 0.25) is 5.91 Å². The highest BCUT2D eigenvalue weighted by Gasteiger charge is 2.44. The predicted octanol–water partition coefficient (Wildman–Crippen LogP) is 2.40. The van der Waals surface area contributed by atoms with Gasteiger partial charge in [-0.15, -0.1) is 12.4 Å². The molecule has 0 radical (unpaired) electrons. The van der Waals surface area contributed by atoms with Crippen molar-refractivity contribution in [3.05, 3.63) is 35.9 Å². The molecule has 1 aliphatic carbocycles. The number of carbonyl (C=O) groups is 1. The Morgan fingerprint density at radius 3 is 2.60 bits per heavy atom. The van der Waals surface area contributed by atoms with Gasteiger partial charge < -0.3 is 10.6 Å². The number of carbonyl (C=O) groups excluding carboxylic acids is 1. The topological polar surface area (TPSA) is 41.1 Å². The summed E-state index contributed by atoms with van der Waals surface area (Å²) in [6, 6.07) is 10.6. The number of hydrogen-bond acceptors (Lipinski definition) is 2. The van der Waals surface area contributed by atoms with Gasteiger partial charge in [0.15, 0.2) is 0 Å². The van der Waals surface area contributed by atoms with Crippen molar-refractivity contribution in [3.8, 4) is 0 Å². The lowest BCUT2D eigenvalue weighted by Crippen LogP contribution is -2.48. The Balaban J connectivity index is 0.00000147. The van der Waals surface area contributed by atoms with Gasteiger partial charge in [-0.2, -0.15) is 0 Å². The summed E-state index contributed by atoms with van der Waals surface area (Å²) in [5.41, 5.74) is 1.58. The Labute approximate surface area is 126 Å². The number of nitrogens with one attached hydrogen (secondary N) is 2. The second-order valence-corrected chi connectivity index (χ2v) is 5.87. The van der Waals surface area contributed by atoms with Gasteiger partial charge in [-0.25, -0.2) is 0 Å². The Kier molecular flexibility index (Phi) is 5.06. The molecule has 1 aromatic rings. The van der Waals surface area contributed by atoms with Gasteiger partial charge in [-0.05, 0) is 37.8 Å². The molecular formula is C16H23ClN2O. The molecule has 1 unspecified atom stereocenters. The first-order chi connectivity index (χ1) is 9.30. The van der Waals surface area contributed by atoms with Gasteiger partial charge in [0.25, 0.3) is 0 Å². The molecule has 0 bridgehead atoms. The lowest BCUT2D eigenvalue weighted by molar-refractivity contribution is -0.123. The molecule has 0 spiro atoms. The van der Waals surface area contributed by atoms with Crippen LogP contribution in [0.5, 0.6) is 0 Å². The highest BCUT2D eigenvalue weighted by molar-refractivity contribution is 5.85. The molecule has 1 amide bonds. The van der Waals surface area contributed by atoms with E-state index in [1.54, 1.807) is 0 Å². The zero-order valence-corrected chi connectivity index (χ0v) is 12.5. The first kappa shape index (κ1) is 15.3. The van der Waals surface area contributed by atoms with Crippen LogP contribution in [-0.4, -0.2) is 25.0 Å². The molecule has 4 heteroatoms. The minimum absolute atomic E-state index is 0. The van der Waals surface area contributed by atoms with E-state index in [0.29, 0.717) is 0 Å². The monoisotopic (exact) mass is 294 g/mol. The molecule has 0 aromatic heterocycles. The smallest absolute Gasteiger partial charge is 0.237 e. The summed E-state index contributed by atoms with van der Waals surface area (Å²) in [7, 11) is 0. The summed E-state index contributed by atoms with van der Waals surface area (Å²) in [5.74, 6) is 0.182. The highest BCUT2D eigenvalue weighted by Crippen LogP contribution is 2.47. The molecule has 1 heterocycles. The van der Waals surface area contributed by atoms with Gasteiger partial charge in [-0.3, -0.25) is 4.79 Å². The average Bonchev–Trinajstić information content (AvgIpc) is 3.28. The van der Waals surface area contributed by atoms with Crippen LogP contribution in [-0.2, 0) is 10.2 Å². The fraction of sp³-hybridized carbons (Fsp3) is 0.562. The average molecular weight is 295 g/mol. The van der Waals surface area contributed by atoms with Crippen molar-refractivity contribution in [2.45, 2.75) is 43.6 Å². The zero-order valence-electron chi connectivity index (χ0n) is 11.7. The molecule has 1 saturated heterocycles. The van der Waals surface area contributed by atoms with Crippen molar-refractivity contribution in [2.75, 3.05) is 13.1 Å². The van der Waals surface area contributed by atoms with E-state index in [1.807, 2.05) is 6.07 Å². The van der Waals surface area contributed by atoms with Crippen LogP contribution in [0.3, 0.4) is 0 Å². The van der Waals surface area contributed by atoms with Gasteiger partial charge in [-0.1, -0.05) is 36.8 Å². The van der Waals surface area contributed by atoms with Crippen molar-refractivity contribution in [3.63, 3.8) is 0 Å². The third kappa shape index (κ3) is 3.33. The summed E-state index contributed by atoms with van der Waals surface area (Å²) in [5, 5.41) is 6.46. The Hall–Kier alpha value is -1.06. The fourth-order valence-electron chi connectivity index (χ4n) is 2.97. The lowest BCUT2D eigenvalue weighted by Gasteiger charge is -2.24. The molecule has 2 N–H and O–H groups in total. The number of amides is 1. The SMILES string of the molecule is Cl.O=C(NCC1(c2ccccc2)CC1)C1CCCCN1. The molecule has 2 aliphatic rings. The molecule has 1 aliphatic heterocycles. The van der Waals surface area contributed by atoms with Crippen LogP contribution in [0.15, 0.2) is 30.3 Å². The van der Waals surface area contributed by atoms with E-state index >= 15 is 0 Å². The normalized spacial score (nSPS) is 23.5. The van der Waals surface area contributed by atoms with Crippen molar-refractivity contribution >= 4 is 18.3 Å². The number of piperidine rings is 1. The van der Waals surface area contributed by atoms with Crippen LogP contribution in [0, 0.1) is 0 Å². The van der Waals surface area contributed by atoms with Crippen LogP contribution in [0.1, 0.15) is 37.7 Å². The number of halogens is 1. The fourth-order valence-corrected chi connectivity index (χ4v) is 2.97. The molecule has 1 saturated carbocycles. The standard InChI is InChI=1S/C16H22N2O.ClH/c19-15(14-8-4-5-11-17-14)18-12-16(9-10-16)13-6-2-1-3-7-13;/h1-3,6-7,14,17H,4-5,8-12H2,(H,18,19);1H. The first-order valence-electron chi connectivity index (χ1n) is 7.37. The van der Waals surface area contributed by atoms with Crippen LogP contribution >= 0.6 is 12.4 Å². The van der Waals surface area contributed by atoms with Crippen LogP contribution in [0.2, 0.25) is 0 Å². The minimum Gasteiger partial charge on any atom is -0.354 e. The summed E-state index contributed by atoms with van der Waals surface area (Å²) >= 11 is 0. The molecule has 2 fully saturated rings. The van der Waals surface area contributed by atoms with Gasteiger partial charge in [0.05, 0.1) is 6.04 Å². The molecule has 20 heavy (non-hydrogen) atoms. The van der Waals surface area contributed by atoms with Crippen molar-refractivity contribution in [2.24, 2.45) is 0 Å². The summed E-state index contributed by atoms with van der Waals surface area (Å²) in [4.78, 5) is 12.1. The van der Waals surface area contributed by atoms with E-state index in [0.717, 1.165) is 25.9 Å². The van der Waals surface area contributed by atoms with Crippen LogP contribution < -0.4 is 10.6 Å². The quantitative estimate of drug-likeness (QED) is 0.895. The Bertz CT molecular complexity index is 439. The van der Waals surface area contributed by atoms with E-state index < -0.39 is 0 Å². The summed E-state index contributed by atoms with van der Waals surface area (Å²) in [6.07, 6.45) is 5.71. The van der Waals surface area contributed by atoms with Crippen molar-refractivity contribution < 1.29 is 4.79 Å². The molecule has 1 atom stereocenters. The van der Waals surface area contributed by atoms with E-state index in [4.69, 9.17) is 0 Å². The molecule has 110 valence electrons. The Morgan fingerprint density at radius 1 is 1.25 bits per heavy atom. The maximum absolute atomic E-state index is 12.1. The maximum atomic E-state index is 12.1. The highest BCUT2D eigenvalue weighted by atomic mass is 35.5. The number of rotatable bonds is 4. The van der Waals surface area contributed by atoms with Gasteiger partial charge in [0.1, 0.15) is 0 Å².